The Kier molecular flexibility index (Phi) is 4.00. The summed E-state index contributed by atoms with van der Waals surface area (Å²) in [6, 6.07) is 0.446. The smallest absolute Gasteiger partial charge is 0.0133 e. The largest absolute Gasteiger partial charge is 0.327 e. The van der Waals surface area contributed by atoms with Crippen LogP contribution >= 0.6 is 11.8 Å². The summed E-state index contributed by atoms with van der Waals surface area (Å²) in [4.78, 5) is 0. The topological polar surface area (TPSA) is 26.0 Å². The third kappa shape index (κ3) is 3.13. The van der Waals surface area contributed by atoms with E-state index >= 15 is 0 Å². The molecule has 4 unspecified atom stereocenters. The van der Waals surface area contributed by atoms with Gasteiger partial charge >= 0.3 is 0 Å². The zero-order valence-corrected chi connectivity index (χ0v) is 10.9. The molecular weight excluding hydrogens is 202 g/mol. The molecule has 15 heavy (non-hydrogen) atoms. The van der Waals surface area contributed by atoms with Gasteiger partial charge in [0.2, 0.25) is 0 Å². The summed E-state index contributed by atoms with van der Waals surface area (Å²) in [6.45, 7) is 4.52. The second kappa shape index (κ2) is 5.09. The molecule has 0 radical (unpaired) electrons. The fourth-order valence-corrected chi connectivity index (χ4v) is 4.21. The lowest BCUT2D eigenvalue weighted by molar-refractivity contribution is 0.301. The molecule has 0 aromatic carbocycles. The van der Waals surface area contributed by atoms with E-state index in [1.807, 2.05) is 11.8 Å². The van der Waals surface area contributed by atoms with Gasteiger partial charge in [0.1, 0.15) is 0 Å². The van der Waals surface area contributed by atoms with Crippen molar-refractivity contribution in [2.75, 3.05) is 5.75 Å². The second-order valence-corrected chi connectivity index (χ2v) is 7.42. The van der Waals surface area contributed by atoms with E-state index in [0.29, 0.717) is 6.04 Å². The number of nitrogens with two attached hydrogens (primary N) is 1. The van der Waals surface area contributed by atoms with Gasteiger partial charge in [-0.05, 0) is 48.7 Å². The maximum absolute atomic E-state index is 6.21. The van der Waals surface area contributed by atoms with E-state index in [1.54, 1.807) is 0 Å². The van der Waals surface area contributed by atoms with Crippen molar-refractivity contribution in [3.8, 4) is 0 Å². The summed E-state index contributed by atoms with van der Waals surface area (Å²) in [6.07, 6.45) is 7.32. The van der Waals surface area contributed by atoms with Crippen LogP contribution in [-0.4, -0.2) is 17.0 Å². The van der Waals surface area contributed by atoms with Gasteiger partial charge in [0, 0.05) is 11.8 Å². The molecule has 1 nitrogen and oxygen atoms in total. The Morgan fingerprint density at radius 3 is 2.60 bits per heavy atom. The molecule has 2 fully saturated rings. The van der Waals surface area contributed by atoms with Crippen molar-refractivity contribution in [2.24, 2.45) is 23.5 Å². The Morgan fingerprint density at radius 2 is 2.07 bits per heavy atom. The molecule has 2 aliphatic carbocycles. The van der Waals surface area contributed by atoms with Crippen LogP contribution in [0.25, 0.3) is 0 Å². The predicted molar refractivity (Wildman–Crippen MR) is 69.1 cm³/mol. The van der Waals surface area contributed by atoms with Crippen LogP contribution in [0.1, 0.15) is 46.0 Å². The van der Waals surface area contributed by atoms with Gasteiger partial charge in [-0.3, -0.25) is 0 Å². The highest BCUT2D eigenvalue weighted by molar-refractivity contribution is 7.99. The molecule has 2 saturated carbocycles. The van der Waals surface area contributed by atoms with Gasteiger partial charge in [-0.2, -0.15) is 11.8 Å². The first-order valence-electron chi connectivity index (χ1n) is 6.52. The molecule has 0 spiro atoms. The highest BCUT2D eigenvalue weighted by Crippen LogP contribution is 2.49. The van der Waals surface area contributed by atoms with Crippen molar-refractivity contribution in [3.05, 3.63) is 0 Å². The molecule has 0 heterocycles. The minimum Gasteiger partial charge on any atom is -0.327 e. The van der Waals surface area contributed by atoms with E-state index < -0.39 is 0 Å². The molecular formula is C13H25NS. The van der Waals surface area contributed by atoms with E-state index in [0.717, 1.165) is 28.8 Å². The lowest BCUT2D eigenvalue weighted by Gasteiger charge is -2.24. The SMILES string of the molecule is CC(C)SCC(N)CC1CC2CCC1C2. The molecule has 0 aliphatic heterocycles. The average molecular weight is 227 g/mol. The highest BCUT2D eigenvalue weighted by atomic mass is 32.2. The summed E-state index contributed by atoms with van der Waals surface area (Å²) in [5, 5.41) is 0.732. The molecule has 0 saturated heterocycles. The third-order valence-corrected chi connectivity index (χ3v) is 5.42. The normalized spacial score (nSPS) is 36.4. The van der Waals surface area contributed by atoms with Gasteiger partial charge in [0.25, 0.3) is 0 Å². The van der Waals surface area contributed by atoms with Crippen LogP contribution in [0, 0.1) is 17.8 Å². The molecule has 2 aliphatic rings. The number of hydrogen-bond acceptors (Lipinski definition) is 2. The van der Waals surface area contributed by atoms with Crippen LogP contribution in [0.2, 0.25) is 0 Å². The van der Waals surface area contributed by atoms with Gasteiger partial charge in [-0.15, -0.1) is 0 Å². The van der Waals surface area contributed by atoms with Gasteiger partial charge < -0.3 is 5.73 Å². The van der Waals surface area contributed by atoms with Gasteiger partial charge in [0.15, 0.2) is 0 Å². The van der Waals surface area contributed by atoms with E-state index in [9.17, 15) is 0 Å². The molecule has 0 aromatic rings. The molecule has 2 heteroatoms. The molecule has 2 N–H and O–H groups in total. The summed E-state index contributed by atoms with van der Waals surface area (Å²) < 4.78 is 0. The first kappa shape index (κ1) is 11.8. The van der Waals surface area contributed by atoms with Gasteiger partial charge in [0.05, 0.1) is 0 Å². The molecule has 88 valence electrons. The van der Waals surface area contributed by atoms with Crippen molar-refractivity contribution in [3.63, 3.8) is 0 Å². The Balaban J connectivity index is 1.68. The minimum absolute atomic E-state index is 0.446. The quantitative estimate of drug-likeness (QED) is 0.780. The van der Waals surface area contributed by atoms with Crippen molar-refractivity contribution in [1.82, 2.24) is 0 Å². The van der Waals surface area contributed by atoms with Crippen LogP contribution in [0.5, 0.6) is 0 Å². The Morgan fingerprint density at radius 1 is 1.27 bits per heavy atom. The summed E-state index contributed by atoms with van der Waals surface area (Å²) in [5.41, 5.74) is 6.21. The molecule has 4 atom stereocenters. The Hall–Kier alpha value is 0.310. The predicted octanol–water partition coefficient (Wildman–Crippen LogP) is 3.28. The Labute approximate surface area is 98.6 Å². The lowest BCUT2D eigenvalue weighted by Crippen LogP contribution is -2.28. The van der Waals surface area contributed by atoms with Crippen molar-refractivity contribution in [2.45, 2.75) is 57.2 Å². The van der Waals surface area contributed by atoms with Gasteiger partial charge in [-0.25, -0.2) is 0 Å². The fraction of sp³-hybridized carbons (Fsp3) is 1.00. The number of fused-ring (bicyclic) bond motifs is 2. The third-order valence-electron chi connectivity index (χ3n) is 4.13. The Bertz CT molecular complexity index is 205. The van der Waals surface area contributed by atoms with Crippen LogP contribution in [0.4, 0.5) is 0 Å². The van der Waals surface area contributed by atoms with Crippen molar-refractivity contribution < 1.29 is 0 Å². The van der Waals surface area contributed by atoms with E-state index in [1.165, 1.54) is 32.1 Å². The average Bonchev–Trinajstić information content (AvgIpc) is 2.76. The molecule has 2 rings (SSSR count). The standard InChI is InChI=1S/C13H25NS/c1-9(2)15-8-13(14)7-12-6-10-3-4-11(12)5-10/h9-13H,3-8,14H2,1-2H3. The monoisotopic (exact) mass is 227 g/mol. The zero-order valence-electron chi connectivity index (χ0n) is 10.1. The first-order chi connectivity index (χ1) is 7.15. The van der Waals surface area contributed by atoms with Crippen LogP contribution in [-0.2, 0) is 0 Å². The van der Waals surface area contributed by atoms with Crippen molar-refractivity contribution >= 4 is 11.8 Å². The summed E-state index contributed by atoms with van der Waals surface area (Å²) in [5.74, 6) is 4.26. The highest BCUT2D eigenvalue weighted by Gasteiger charge is 2.39. The van der Waals surface area contributed by atoms with Crippen LogP contribution < -0.4 is 5.73 Å². The molecule has 0 amide bonds. The maximum Gasteiger partial charge on any atom is 0.0133 e. The molecule has 0 aromatic heterocycles. The minimum atomic E-state index is 0.446. The van der Waals surface area contributed by atoms with E-state index in [-0.39, 0.29) is 0 Å². The summed E-state index contributed by atoms with van der Waals surface area (Å²) in [7, 11) is 0. The zero-order chi connectivity index (χ0) is 10.8. The van der Waals surface area contributed by atoms with E-state index in [2.05, 4.69) is 13.8 Å². The van der Waals surface area contributed by atoms with Crippen LogP contribution in [0.3, 0.4) is 0 Å². The van der Waals surface area contributed by atoms with E-state index in [4.69, 9.17) is 5.73 Å². The number of thioether (sulfide) groups is 1. The summed E-state index contributed by atoms with van der Waals surface area (Å²) >= 11 is 2.02. The second-order valence-electron chi connectivity index (χ2n) is 5.81. The number of rotatable bonds is 5. The van der Waals surface area contributed by atoms with Crippen molar-refractivity contribution in [1.29, 1.82) is 0 Å². The number of hydrogen-bond donors (Lipinski definition) is 1. The first-order valence-corrected chi connectivity index (χ1v) is 7.57. The molecule has 2 bridgehead atoms. The lowest BCUT2D eigenvalue weighted by atomic mass is 9.85. The van der Waals surface area contributed by atoms with Gasteiger partial charge in [-0.1, -0.05) is 20.3 Å². The maximum atomic E-state index is 6.21. The fourth-order valence-electron chi connectivity index (χ4n) is 3.44. The van der Waals surface area contributed by atoms with Crippen LogP contribution in [0.15, 0.2) is 0 Å².